The van der Waals surface area contributed by atoms with Gasteiger partial charge in [-0.3, -0.25) is 29.2 Å². The summed E-state index contributed by atoms with van der Waals surface area (Å²) in [6.07, 6.45) is 2.80. The number of rotatable bonds is 18. The third-order valence-corrected chi connectivity index (χ3v) is 5.96. The first-order chi connectivity index (χ1) is 18.4. The zero-order valence-corrected chi connectivity index (χ0v) is 22.6. The van der Waals surface area contributed by atoms with E-state index in [0.29, 0.717) is 31.5 Å². The molecule has 0 saturated carbocycles. The lowest BCUT2D eigenvalue weighted by molar-refractivity contribution is -0.137. The van der Waals surface area contributed by atoms with Gasteiger partial charge in [-0.2, -0.15) is 0 Å². The summed E-state index contributed by atoms with van der Waals surface area (Å²) >= 11 is 0. The normalized spacial score (nSPS) is 14.9. The first-order valence-electron chi connectivity index (χ1n) is 12.9. The number of primary amides is 1. The van der Waals surface area contributed by atoms with Crippen LogP contribution in [-0.2, 0) is 30.4 Å². The number of nitrogens with zero attached hydrogens (tertiary/aromatic N) is 1. The summed E-state index contributed by atoms with van der Waals surface area (Å²) < 4.78 is 0. The first-order valence-corrected chi connectivity index (χ1v) is 12.9. The molecule has 5 amide bonds. The highest BCUT2D eigenvalue weighted by molar-refractivity contribution is 5.95. The molecule has 0 aliphatic rings. The molecule has 1 heterocycles. The van der Waals surface area contributed by atoms with E-state index in [0.717, 1.165) is 0 Å². The first kappa shape index (κ1) is 33.5. The van der Waals surface area contributed by atoms with Crippen molar-refractivity contribution in [2.24, 2.45) is 23.3 Å². The number of aliphatic hydroxyl groups excluding tert-OH is 1. The van der Waals surface area contributed by atoms with Crippen LogP contribution in [0.15, 0.2) is 12.5 Å². The van der Waals surface area contributed by atoms with Crippen molar-refractivity contribution in [1.29, 1.82) is 0 Å². The van der Waals surface area contributed by atoms with Crippen molar-refractivity contribution in [3.05, 3.63) is 18.2 Å². The van der Waals surface area contributed by atoms with Crippen molar-refractivity contribution in [3.8, 4) is 0 Å². The monoisotopic (exact) mass is 554 g/mol. The Morgan fingerprint density at radius 3 is 2.18 bits per heavy atom. The predicted octanol–water partition coefficient (Wildman–Crippen LogP) is -2.04. The molecule has 220 valence electrons. The number of unbranched alkanes of at least 4 members (excludes halogenated alkanes) is 1. The van der Waals surface area contributed by atoms with E-state index in [2.05, 4.69) is 25.9 Å². The number of carbonyl (C=O) groups excluding carboxylic acids is 5. The van der Waals surface area contributed by atoms with E-state index in [1.54, 1.807) is 0 Å². The van der Waals surface area contributed by atoms with Gasteiger partial charge in [0.15, 0.2) is 0 Å². The summed E-state index contributed by atoms with van der Waals surface area (Å²) in [5, 5.41) is 26.6. The van der Waals surface area contributed by atoms with Crippen molar-refractivity contribution < 1.29 is 34.3 Å². The fourth-order valence-electron chi connectivity index (χ4n) is 3.94. The molecule has 0 bridgehead atoms. The highest BCUT2D eigenvalue weighted by Gasteiger charge is 2.33. The topological polar surface area (TPSA) is 255 Å². The molecule has 5 atom stereocenters. The van der Waals surface area contributed by atoms with Crippen LogP contribution in [-0.4, -0.2) is 80.6 Å². The van der Waals surface area contributed by atoms with Crippen LogP contribution in [0.1, 0.15) is 58.6 Å². The van der Waals surface area contributed by atoms with Crippen molar-refractivity contribution >= 4 is 29.5 Å². The summed E-state index contributed by atoms with van der Waals surface area (Å²) in [5.41, 5.74) is 12.9. The van der Waals surface area contributed by atoms with Gasteiger partial charge in [-0.15, -0.1) is 0 Å². The molecule has 0 fully saturated rings. The SMILES string of the molecule is CC(C)C[C@H](CC(=O)NO)C(=O)N[C@@H](Cc1cnc[nH]1)C(=O)N[C@H](C(=O)N[C@@H](CCCCN)C(N)=O)[C@@H](C)O. The smallest absolute Gasteiger partial charge is 0.245 e. The van der Waals surface area contributed by atoms with Gasteiger partial charge in [0, 0.05) is 30.7 Å². The second kappa shape index (κ2) is 17.1. The van der Waals surface area contributed by atoms with E-state index in [-0.39, 0.29) is 25.2 Å². The highest BCUT2D eigenvalue weighted by Crippen LogP contribution is 2.17. The van der Waals surface area contributed by atoms with Crippen LogP contribution in [0.4, 0.5) is 0 Å². The minimum Gasteiger partial charge on any atom is -0.391 e. The molecule has 39 heavy (non-hydrogen) atoms. The van der Waals surface area contributed by atoms with Gasteiger partial charge >= 0.3 is 0 Å². The Labute approximate surface area is 227 Å². The van der Waals surface area contributed by atoms with E-state index in [1.807, 2.05) is 13.8 Å². The van der Waals surface area contributed by atoms with Gasteiger partial charge in [0.2, 0.25) is 29.5 Å². The number of nitrogens with two attached hydrogens (primary N) is 2. The van der Waals surface area contributed by atoms with Crippen LogP contribution in [0.5, 0.6) is 0 Å². The molecule has 15 heteroatoms. The van der Waals surface area contributed by atoms with Crippen LogP contribution in [0.25, 0.3) is 0 Å². The van der Waals surface area contributed by atoms with Crippen LogP contribution in [0.3, 0.4) is 0 Å². The third kappa shape index (κ3) is 12.2. The van der Waals surface area contributed by atoms with E-state index in [9.17, 15) is 29.1 Å². The fourth-order valence-corrected chi connectivity index (χ4v) is 3.94. The molecule has 0 aromatic carbocycles. The van der Waals surface area contributed by atoms with E-state index in [1.165, 1.54) is 24.9 Å². The predicted molar refractivity (Wildman–Crippen MR) is 139 cm³/mol. The Kier molecular flexibility index (Phi) is 14.7. The number of H-pyrrole nitrogens is 1. The molecule has 0 unspecified atom stereocenters. The number of hydrogen-bond acceptors (Lipinski definition) is 9. The number of aliphatic hydroxyl groups is 1. The largest absolute Gasteiger partial charge is 0.391 e. The molecule has 1 aromatic rings. The molecule has 1 rings (SSSR count). The summed E-state index contributed by atoms with van der Waals surface area (Å²) in [5.74, 6) is -4.60. The van der Waals surface area contributed by atoms with E-state index in [4.69, 9.17) is 16.7 Å². The summed E-state index contributed by atoms with van der Waals surface area (Å²) in [6, 6.07) is -3.73. The number of carbonyl (C=O) groups is 5. The molecule has 0 aliphatic heterocycles. The van der Waals surface area contributed by atoms with Gasteiger partial charge in [0.1, 0.15) is 18.1 Å². The lowest BCUT2D eigenvalue weighted by atomic mass is 9.92. The zero-order valence-electron chi connectivity index (χ0n) is 22.6. The Bertz CT molecular complexity index is 939. The number of amides is 5. The van der Waals surface area contributed by atoms with Crippen molar-refractivity contribution in [3.63, 3.8) is 0 Å². The average Bonchev–Trinajstić information content (AvgIpc) is 3.38. The van der Waals surface area contributed by atoms with Gasteiger partial charge in [0.05, 0.1) is 12.4 Å². The Balaban J connectivity index is 3.10. The number of hydrogen-bond donors (Lipinski definition) is 9. The average molecular weight is 555 g/mol. The maximum atomic E-state index is 13.3. The minimum atomic E-state index is -1.47. The molecule has 0 saturated heterocycles. The number of hydroxylamine groups is 1. The number of aromatic nitrogens is 2. The van der Waals surface area contributed by atoms with Gasteiger partial charge in [0.25, 0.3) is 0 Å². The van der Waals surface area contributed by atoms with Crippen LogP contribution in [0, 0.1) is 11.8 Å². The van der Waals surface area contributed by atoms with Crippen LogP contribution >= 0.6 is 0 Å². The second-order valence-electron chi connectivity index (χ2n) is 9.88. The number of imidazole rings is 1. The van der Waals surface area contributed by atoms with Crippen molar-refractivity contribution in [2.45, 2.75) is 83.5 Å². The Hall–Kier alpha value is -3.56. The lowest BCUT2D eigenvalue weighted by Crippen LogP contribution is -2.60. The maximum Gasteiger partial charge on any atom is 0.245 e. The van der Waals surface area contributed by atoms with E-state index >= 15 is 0 Å². The standard InChI is InChI=1S/C24H42N8O7/c1-13(2)8-15(9-19(34)32-39)22(36)30-18(10-16-11-27-12-28-16)23(37)31-20(14(3)33)24(38)29-17(21(26)35)6-4-5-7-25/h11-15,17-18,20,33,39H,4-10,25H2,1-3H3,(H2,26,35)(H,27,28)(H,29,38)(H,30,36)(H,31,37)(H,32,34)/t14-,15-,17+,18+,20+/m1/s1. The lowest BCUT2D eigenvalue weighted by Gasteiger charge is -2.27. The van der Waals surface area contributed by atoms with Crippen molar-refractivity contribution in [1.82, 2.24) is 31.4 Å². The zero-order chi connectivity index (χ0) is 29.5. The molecule has 0 radical (unpaired) electrons. The number of nitrogens with one attached hydrogen (secondary N) is 5. The fraction of sp³-hybridized carbons (Fsp3) is 0.667. The Morgan fingerprint density at radius 2 is 1.67 bits per heavy atom. The third-order valence-electron chi connectivity index (χ3n) is 5.96. The molecule has 0 aliphatic carbocycles. The minimum absolute atomic E-state index is 0.0264. The van der Waals surface area contributed by atoms with Gasteiger partial charge in [-0.25, -0.2) is 10.5 Å². The maximum absolute atomic E-state index is 13.3. The molecular weight excluding hydrogens is 512 g/mol. The molecule has 1 aromatic heterocycles. The summed E-state index contributed by atoms with van der Waals surface area (Å²) in [7, 11) is 0. The van der Waals surface area contributed by atoms with Gasteiger partial charge < -0.3 is 37.5 Å². The van der Waals surface area contributed by atoms with Crippen LogP contribution < -0.4 is 32.9 Å². The summed E-state index contributed by atoms with van der Waals surface area (Å²) in [4.78, 5) is 69.6. The van der Waals surface area contributed by atoms with Crippen LogP contribution in [0.2, 0.25) is 0 Å². The summed E-state index contributed by atoms with van der Waals surface area (Å²) in [6.45, 7) is 5.39. The highest BCUT2D eigenvalue weighted by atomic mass is 16.5. The number of aromatic amines is 1. The van der Waals surface area contributed by atoms with Crippen molar-refractivity contribution in [2.75, 3.05) is 6.54 Å². The molecular formula is C24H42N8O7. The van der Waals surface area contributed by atoms with Gasteiger partial charge in [-0.1, -0.05) is 13.8 Å². The molecule has 15 nitrogen and oxygen atoms in total. The van der Waals surface area contributed by atoms with E-state index < -0.39 is 59.7 Å². The molecule has 0 spiro atoms. The Morgan fingerprint density at radius 1 is 1.00 bits per heavy atom. The van der Waals surface area contributed by atoms with Gasteiger partial charge in [-0.05, 0) is 45.1 Å². The second-order valence-corrected chi connectivity index (χ2v) is 9.88. The molecule has 11 N–H and O–H groups in total. The quantitative estimate of drug-likeness (QED) is 0.0549.